The van der Waals surface area contributed by atoms with E-state index in [2.05, 4.69) is 21.0 Å². The number of hydrogen-bond donors (Lipinski definition) is 1. The van der Waals surface area contributed by atoms with Crippen molar-refractivity contribution in [2.24, 2.45) is 5.73 Å². The summed E-state index contributed by atoms with van der Waals surface area (Å²) in [5.74, 6) is -0.251. The van der Waals surface area contributed by atoms with Gasteiger partial charge in [0.2, 0.25) is 0 Å². The Bertz CT molecular complexity index is 496. The van der Waals surface area contributed by atoms with Gasteiger partial charge in [0.05, 0.1) is 17.2 Å². The summed E-state index contributed by atoms with van der Waals surface area (Å²) in [6.07, 6.45) is 3.53. The van der Waals surface area contributed by atoms with E-state index in [9.17, 15) is 4.39 Å². The summed E-state index contributed by atoms with van der Waals surface area (Å²) in [4.78, 5) is 0. The molecule has 0 saturated heterocycles. The highest BCUT2D eigenvalue weighted by atomic mass is 79.9. The van der Waals surface area contributed by atoms with Gasteiger partial charge in [0.15, 0.2) is 0 Å². The number of rotatable bonds is 3. The zero-order chi connectivity index (χ0) is 11.5. The Morgan fingerprint density at radius 2 is 2.19 bits per heavy atom. The van der Waals surface area contributed by atoms with Gasteiger partial charge in [-0.05, 0) is 39.2 Å². The fourth-order valence-corrected chi connectivity index (χ4v) is 1.87. The summed E-state index contributed by atoms with van der Waals surface area (Å²) in [5, 5.41) is 4.12. The monoisotopic (exact) mass is 283 g/mol. The SMILES string of the molecule is NCc1ccc(F)cc1Cn1cc(Br)cn1. The standard InChI is InChI=1S/C11H11BrFN3/c12-10-5-15-16(7-10)6-9-3-11(13)2-1-8(9)4-14/h1-3,5,7H,4,6,14H2. The Hall–Kier alpha value is -1.20. The Morgan fingerprint density at radius 3 is 2.81 bits per heavy atom. The molecule has 84 valence electrons. The molecule has 0 unspecified atom stereocenters. The molecular formula is C11H11BrFN3. The Labute approximate surface area is 101 Å². The first kappa shape index (κ1) is 11.3. The summed E-state index contributed by atoms with van der Waals surface area (Å²) in [6.45, 7) is 0.925. The molecule has 0 amide bonds. The first-order chi connectivity index (χ1) is 7.69. The topological polar surface area (TPSA) is 43.8 Å². The van der Waals surface area contributed by atoms with Crippen molar-refractivity contribution < 1.29 is 4.39 Å². The molecular weight excluding hydrogens is 273 g/mol. The van der Waals surface area contributed by atoms with E-state index in [0.717, 1.165) is 15.6 Å². The lowest BCUT2D eigenvalue weighted by molar-refractivity contribution is 0.616. The predicted molar refractivity (Wildman–Crippen MR) is 63.3 cm³/mol. The van der Waals surface area contributed by atoms with Crippen LogP contribution >= 0.6 is 15.9 Å². The highest BCUT2D eigenvalue weighted by Gasteiger charge is 2.04. The predicted octanol–water partition coefficient (Wildman–Crippen LogP) is 2.29. The minimum absolute atomic E-state index is 0.251. The van der Waals surface area contributed by atoms with Crippen LogP contribution in [0.2, 0.25) is 0 Å². The van der Waals surface area contributed by atoms with Gasteiger partial charge in [-0.25, -0.2) is 4.39 Å². The van der Waals surface area contributed by atoms with Crippen LogP contribution in [-0.2, 0) is 13.1 Å². The summed E-state index contributed by atoms with van der Waals surface area (Å²) < 4.78 is 15.7. The van der Waals surface area contributed by atoms with Gasteiger partial charge in [-0.15, -0.1) is 0 Å². The first-order valence-electron chi connectivity index (χ1n) is 4.84. The van der Waals surface area contributed by atoms with Gasteiger partial charge < -0.3 is 5.73 Å². The second-order valence-corrected chi connectivity index (χ2v) is 4.39. The van der Waals surface area contributed by atoms with Crippen LogP contribution in [0.5, 0.6) is 0 Å². The second kappa shape index (κ2) is 4.76. The highest BCUT2D eigenvalue weighted by molar-refractivity contribution is 9.10. The van der Waals surface area contributed by atoms with E-state index in [1.807, 2.05) is 6.20 Å². The number of hydrogen-bond acceptors (Lipinski definition) is 2. The lowest BCUT2D eigenvalue weighted by atomic mass is 10.1. The van der Waals surface area contributed by atoms with E-state index in [-0.39, 0.29) is 5.82 Å². The molecule has 2 rings (SSSR count). The molecule has 16 heavy (non-hydrogen) atoms. The van der Waals surface area contributed by atoms with E-state index >= 15 is 0 Å². The van der Waals surface area contributed by atoms with Gasteiger partial charge in [0.25, 0.3) is 0 Å². The Kier molecular flexibility index (Phi) is 3.36. The van der Waals surface area contributed by atoms with Crippen LogP contribution < -0.4 is 5.73 Å². The van der Waals surface area contributed by atoms with Gasteiger partial charge >= 0.3 is 0 Å². The molecule has 1 aromatic heterocycles. The minimum Gasteiger partial charge on any atom is -0.326 e. The molecule has 0 aliphatic carbocycles. The maximum atomic E-state index is 13.1. The molecule has 1 heterocycles. The molecule has 0 fully saturated rings. The van der Waals surface area contributed by atoms with Gasteiger partial charge in [0.1, 0.15) is 5.82 Å². The highest BCUT2D eigenvalue weighted by Crippen LogP contribution is 2.14. The number of nitrogens with two attached hydrogens (primary N) is 1. The van der Waals surface area contributed by atoms with Gasteiger partial charge in [-0.2, -0.15) is 5.10 Å². The number of aromatic nitrogens is 2. The fraction of sp³-hybridized carbons (Fsp3) is 0.182. The van der Waals surface area contributed by atoms with Crippen LogP contribution in [0.3, 0.4) is 0 Å². The van der Waals surface area contributed by atoms with Crippen molar-refractivity contribution >= 4 is 15.9 Å². The molecule has 0 saturated carbocycles. The van der Waals surface area contributed by atoms with Gasteiger partial charge in [-0.1, -0.05) is 6.07 Å². The number of nitrogens with zero attached hydrogens (tertiary/aromatic N) is 2. The minimum atomic E-state index is -0.251. The third-order valence-corrected chi connectivity index (χ3v) is 2.73. The second-order valence-electron chi connectivity index (χ2n) is 3.47. The maximum Gasteiger partial charge on any atom is 0.123 e. The van der Waals surface area contributed by atoms with Crippen molar-refractivity contribution in [2.45, 2.75) is 13.1 Å². The quantitative estimate of drug-likeness (QED) is 0.939. The van der Waals surface area contributed by atoms with Crippen LogP contribution in [0.25, 0.3) is 0 Å². The van der Waals surface area contributed by atoms with Gasteiger partial charge in [-0.3, -0.25) is 4.68 Å². The van der Waals surface area contributed by atoms with Crippen LogP contribution in [0, 0.1) is 5.82 Å². The van der Waals surface area contributed by atoms with E-state index in [1.54, 1.807) is 16.9 Å². The van der Waals surface area contributed by atoms with E-state index in [0.29, 0.717) is 13.1 Å². The van der Waals surface area contributed by atoms with E-state index < -0.39 is 0 Å². The number of halogens is 2. The largest absolute Gasteiger partial charge is 0.326 e. The zero-order valence-corrected chi connectivity index (χ0v) is 10.1. The third kappa shape index (κ3) is 2.48. The molecule has 0 atom stereocenters. The average molecular weight is 284 g/mol. The van der Waals surface area contributed by atoms with Crippen LogP contribution in [0.15, 0.2) is 35.1 Å². The summed E-state index contributed by atoms with van der Waals surface area (Å²) >= 11 is 3.31. The fourth-order valence-electron chi connectivity index (χ4n) is 1.54. The first-order valence-corrected chi connectivity index (χ1v) is 5.63. The maximum absolute atomic E-state index is 13.1. The van der Waals surface area contributed by atoms with Crippen LogP contribution in [-0.4, -0.2) is 9.78 Å². The van der Waals surface area contributed by atoms with Crippen LogP contribution in [0.1, 0.15) is 11.1 Å². The van der Waals surface area contributed by atoms with Gasteiger partial charge in [0, 0.05) is 12.7 Å². The molecule has 2 aromatic rings. The molecule has 3 nitrogen and oxygen atoms in total. The summed E-state index contributed by atoms with van der Waals surface area (Å²) in [6, 6.07) is 4.63. The lowest BCUT2D eigenvalue weighted by Gasteiger charge is -2.07. The summed E-state index contributed by atoms with van der Waals surface area (Å²) in [5.41, 5.74) is 7.40. The number of benzene rings is 1. The van der Waals surface area contributed by atoms with Crippen molar-refractivity contribution in [1.82, 2.24) is 9.78 Å². The molecule has 0 radical (unpaired) electrons. The van der Waals surface area contributed by atoms with E-state index in [4.69, 9.17) is 5.73 Å². The molecule has 0 bridgehead atoms. The molecule has 1 aromatic carbocycles. The van der Waals surface area contributed by atoms with Crippen LogP contribution in [0.4, 0.5) is 4.39 Å². The van der Waals surface area contributed by atoms with Crippen molar-refractivity contribution in [2.75, 3.05) is 0 Å². The average Bonchev–Trinajstić information content (AvgIpc) is 2.64. The van der Waals surface area contributed by atoms with Crippen molar-refractivity contribution in [3.63, 3.8) is 0 Å². The molecule has 0 aliphatic rings. The normalized spacial score (nSPS) is 10.7. The third-order valence-electron chi connectivity index (χ3n) is 2.32. The summed E-state index contributed by atoms with van der Waals surface area (Å²) in [7, 11) is 0. The molecule has 0 spiro atoms. The van der Waals surface area contributed by atoms with Crippen molar-refractivity contribution in [3.8, 4) is 0 Å². The smallest absolute Gasteiger partial charge is 0.123 e. The van der Waals surface area contributed by atoms with E-state index in [1.165, 1.54) is 12.1 Å². The molecule has 5 heteroatoms. The Morgan fingerprint density at radius 1 is 1.38 bits per heavy atom. The zero-order valence-electron chi connectivity index (χ0n) is 8.53. The lowest BCUT2D eigenvalue weighted by Crippen LogP contribution is -2.07. The Balaban J connectivity index is 2.29. The molecule has 2 N–H and O–H groups in total. The van der Waals surface area contributed by atoms with Crippen molar-refractivity contribution in [3.05, 3.63) is 52.0 Å². The molecule has 0 aliphatic heterocycles. The van der Waals surface area contributed by atoms with Crippen molar-refractivity contribution in [1.29, 1.82) is 0 Å².